The second-order valence-corrected chi connectivity index (χ2v) is 7.92. The molecule has 3 aromatic rings. The number of nitrogens with zero attached hydrogens (tertiary/aromatic N) is 2. The van der Waals surface area contributed by atoms with Crippen molar-refractivity contribution in [3.8, 4) is 11.3 Å². The monoisotopic (exact) mass is 367 g/mol. The molecular formula is C21H25N3OS. The van der Waals surface area contributed by atoms with Crippen LogP contribution in [0.2, 0.25) is 0 Å². The number of rotatable bonds is 7. The Morgan fingerprint density at radius 3 is 2.62 bits per heavy atom. The van der Waals surface area contributed by atoms with Gasteiger partial charge in [0.15, 0.2) is 0 Å². The van der Waals surface area contributed by atoms with E-state index in [1.807, 2.05) is 28.9 Å². The summed E-state index contributed by atoms with van der Waals surface area (Å²) in [6.07, 6.45) is 1.76. The summed E-state index contributed by atoms with van der Waals surface area (Å²) in [4.78, 5) is 15.2. The van der Waals surface area contributed by atoms with Crippen molar-refractivity contribution < 1.29 is 4.79 Å². The Hall–Kier alpha value is -2.40. The predicted molar refractivity (Wildman–Crippen MR) is 108 cm³/mol. The highest BCUT2D eigenvalue weighted by Crippen LogP contribution is 2.30. The van der Waals surface area contributed by atoms with E-state index in [0.29, 0.717) is 12.2 Å². The van der Waals surface area contributed by atoms with E-state index in [0.717, 1.165) is 30.6 Å². The first kappa shape index (κ1) is 18.4. The predicted octanol–water partition coefficient (Wildman–Crippen LogP) is 4.61. The van der Waals surface area contributed by atoms with Gasteiger partial charge in [-0.1, -0.05) is 37.3 Å². The van der Waals surface area contributed by atoms with Crippen LogP contribution in [0.4, 0.5) is 0 Å². The fraction of sp³-hybridized carbons (Fsp3) is 0.333. The normalized spacial score (nSPS) is 10.9. The summed E-state index contributed by atoms with van der Waals surface area (Å²) < 4.78 is 1.83. The molecule has 0 fully saturated rings. The standard InChI is InChI=1S/C21H25N3OS/c1-4-12-24-20(14-19(23-24)18-13-15(2)26-16(18)3)21(25)22-11-10-17-8-6-5-7-9-17/h5-9,13-14H,4,10-12H2,1-3H3,(H,22,25). The van der Waals surface area contributed by atoms with Crippen molar-refractivity contribution in [2.24, 2.45) is 0 Å². The number of thiophene rings is 1. The molecule has 0 saturated heterocycles. The Morgan fingerprint density at radius 1 is 1.19 bits per heavy atom. The van der Waals surface area contributed by atoms with Gasteiger partial charge in [-0.05, 0) is 44.4 Å². The molecule has 0 aliphatic rings. The Balaban J connectivity index is 1.75. The molecule has 0 aliphatic heterocycles. The van der Waals surface area contributed by atoms with E-state index in [9.17, 15) is 4.79 Å². The number of aryl methyl sites for hydroxylation is 3. The number of nitrogens with one attached hydrogen (secondary N) is 1. The van der Waals surface area contributed by atoms with Crippen LogP contribution in [0.15, 0.2) is 42.5 Å². The van der Waals surface area contributed by atoms with Crippen LogP contribution >= 0.6 is 11.3 Å². The minimum absolute atomic E-state index is 0.0577. The second kappa shape index (κ2) is 8.32. The molecule has 26 heavy (non-hydrogen) atoms. The molecule has 0 spiro atoms. The smallest absolute Gasteiger partial charge is 0.269 e. The average Bonchev–Trinajstić information content (AvgIpc) is 3.19. The Labute approximate surface area is 158 Å². The Morgan fingerprint density at radius 2 is 1.96 bits per heavy atom. The van der Waals surface area contributed by atoms with E-state index in [-0.39, 0.29) is 5.91 Å². The van der Waals surface area contributed by atoms with Crippen LogP contribution in [0.1, 0.15) is 39.2 Å². The molecule has 3 rings (SSSR count). The maximum atomic E-state index is 12.7. The summed E-state index contributed by atoms with van der Waals surface area (Å²) in [6, 6.07) is 14.3. The lowest BCUT2D eigenvalue weighted by atomic mass is 10.1. The zero-order valence-corrected chi connectivity index (χ0v) is 16.4. The first-order valence-corrected chi connectivity index (χ1v) is 9.87. The highest BCUT2D eigenvalue weighted by Gasteiger charge is 2.17. The highest BCUT2D eigenvalue weighted by atomic mass is 32.1. The van der Waals surface area contributed by atoms with Gasteiger partial charge in [-0.15, -0.1) is 11.3 Å². The molecule has 0 unspecified atom stereocenters. The third-order valence-electron chi connectivity index (χ3n) is 4.31. The minimum Gasteiger partial charge on any atom is -0.350 e. The summed E-state index contributed by atoms with van der Waals surface area (Å²) in [5, 5.41) is 7.73. The topological polar surface area (TPSA) is 46.9 Å². The number of carbonyl (C=O) groups excluding carboxylic acids is 1. The zero-order chi connectivity index (χ0) is 18.5. The average molecular weight is 368 g/mol. The van der Waals surface area contributed by atoms with Gasteiger partial charge < -0.3 is 5.32 Å². The van der Waals surface area contributed by atoms with Crippen molar-refractivity contribution in [3.05, 3.63) is 63.5 Å². The van der Waals surface area contributed by atoms with Crippen LogP contribution in [-0.4, -0.2) is 22.2 Å². The summed E-state index contributed by atoms with van der Waals surface area (Å²) in [6.45, 7) is 7.65. The molecule has 1 amide bonds. The molecule has 2 heterocycles. The summed E-state index contributed by atoms with van der Waals surface area (Å²) in [5.41, 5.74) is 3.87. The van der Waals surface area contributed by atoms with E-state index in [1.165, 1.54) is 15.3 Å². The van der Waals surface area contributed by atoms with Crippen LogP contribution in [0, 0.1) is 13.8 Å². The number of benzene rings is 1. The Kier molecular flexibility index (Phi) is 5.89. The molecule has 0 aliphatic carbocycles. The van der Waals surface area contributed by atoms with Crippen molar-refractivity contribution >= 4 is 17.2 Å². The number of amides is 1. The summed E-state index contributed by atoms with van der Waals surface area (Å²) in [5.74, 6) is -0.0577. The van der Waals surface area contributed by atoms with E-state index in [1.54, 1.807) is 11.3 Å². The molecule has 2 aromatic heterocycles. The van der Waals surface area contributed by atoms with Crippen LogP contribution in [-0.2, 0) is 13.0 Å². The SMILES string of the molecule is CCCn1nc(-c2cc(C)sc2C)cc1C(=O)NCCc1ccccc1. The van der Waals surface area contributed by atoms with Crippen LogP contribution in [0.3, 0.4) is 0 Å². The van der Waals surface area contributed by atoms with Crippen molar-refractivity contribution in [2.45, 2.75) is 40.2 Å². The minimum atomic E-state index is -0.0577. The van der Waals surface area contributed by atoms with Gasteiger partial charge in [0.25, 0.3) is 5.91 Å². The highest BCUT2D eigenvalue weighted by molar-refractivity contribution is 7.12. The number of hydrogen-bond donors (Lipinski definition) is 1. The van der Waals surface area contributed by atoms with Gasteiger partial charge in [-0.2, -0.15) is 5.10 Å². The molecule has 0 bridgehead atoms. The van der Waals surface area contributed by atoms with Crippen molar-refractivity contribution in [1.82, 2.24) is 15.1 Å². The van der Waals surface area contributed by atoms with E-state index in [2.05, 4.69) is 44.3 Å². The van der Waals surface area contributed by atoms with Gasteiger partial charge in [0.2, 0.25) is 0 Å². The zero-order valence-electron chi connectivity index (χ0n) is 15.6. The fourth-order valence-electron chi connectivity index (χ4n) is 3.05. The van der Waals surface area contributed by atoms with Crippen LogP contribution < -0.4 is 5.32 Å². The molecule has 4 nitrogen and oxygen atoms in total. The van der Waals surface area contributed by atoms with Crippen molar-refractivity contribution in [1.29, 1.82) is 0 Å². The van der Waals surface area contributed by atoms with Crippen LogP contribution in [0.25, 0.3) is 11.3 Å². The van der Waals surface area contributed by atoms with E-state index >= 15 is 0 Å². The van der Waals surface area contributed by atoms with Crippen molar-refractivity contribution in [3.63, 3.8) is 0 Å². The van der Waals surface area contributed by atoms with E-state index < -0.39 is 0 Å². The Bertz CT molecular complexity index is 880. The first-order valence-electron chi connectivity index (χ1n) is 9.06. The van der Waals surface area contributed by atoms with Gasteiger partial charge in [-0.25, -0.2) is 0 Å². The van der Waals surface area contributed by atoms with Gasteiger partial charge in [0.05, 0.1) is 5.69 Å². The van der Waals surface area contributed by atoms with Gasteiger partial charge in [0.1, 0.15) is 5.69 Å². The number of aromatic nitrogens is 2. The van der Waals surface area contributed by atoms with Gasteiger partial charge >= 0.3 is 0 Å². The molecular weight excluding hydrogens is 342 g/mol. The molecule has 1 aromatic carbocycles. The molecule has 0 saturated carbocycles. The maximum Gasteiger partial charge on any atom is 0.269 e. The number of carbonyl (C=O) groups is 1. The largest absolute Gasteiger partial charge is 0.350 e. The summed E-state index contributed by atoms with van der Waals surface area (Å²) in [7, 11) is 0. The molecule has 136 valence electrons. The summed E-state index contributed by atoms with van der Waals surface area (Å²) >= 11 is 1.76. The molecule has 5 heteroatoms. The number of hydrogen-bond acceptors (Lipinski definition) is 3. The lowest BCUT2D eigenvalue weighted by Gasteiger charge is -2.07. The van der Waals surface area contributed by atoms with Crippen molar-refractivity contribution in [2.75, 3.05) is 6.54 Å². The lowest BCUT2D eigenvalue weighted by Crippen LogP contribution is -2.28. The maximum absolute atomic E-state index is 12.7. The third-order valence-corrected chi connectivity index (χ3v) is 5.27. The second-order valence-electron chi connectivity index (χ2n) is 6.46. The first-order chi connectivity index (χ1) is 12.6. The van der Waals surface area contributed by atoms with Crippen LogP contribution in [0.5, 0.6) is 0 Å². The fourth-order valence-corrected chi connectivity index (χ4v) is 3.99. The molecule has 0 atom stereocenters. The van der Waals surface area contributed by atoms with Gasteiger partial charge in [0, 0.05) is 28.4 Å². The quantitative estimate of drug-likeness (QED) is 0.663. The molecule has 0 radical (unpaired) electrons. The lowest BCUT2D eigenvalue weighted by molar-refractivity contribution is 0.0943. The van der Waals surface area contributed by atoms with E-state index in [4.69, 9.17) is 5.10 Å². The molecule has 1 N–H and O–H groups in total. The van der Waals surface area contributed by atoms with Gasteiger partial charge in [-0.3, -0.25) is 9.48 Å². The third kappa shape index (κ3) is 4.22.